The van der Waals surface area contributed by atoms with E-state index in [1.54, 1.807) is 0 Å². The average molecular weight is 909 g/mol. The van der Waals surface area contributed by atoms with Gasteiger partial charge in [-0.3, -0.25) is 0 Å². The summed E-state index contributed by atoms with van der Waals surface area (Å²) in [6.07, 6.45) is 11.9. The fourth-order valence-corrected chi connectivity index (χ4v) is 13.8. The monoisotopic (exact) mass is 908 g/mol. The zero-order valence-electron chi connectivity index (χ0n) is 36.5. The van der Waals surface area contributed by atoms with Crippen LogP contribution in [0.2, 0.25) is 0 Å². The third kappa shape index (κ3) is 12.9. The topological polar surface area (TPSA) is 0 Å². The predicted molar refractivity (Wildman–Crippen MR) is 286 cm³/mol. The fourth-order valence-electron chi connectivity index (χ4n) is 8.84. The standard InChI is InChI=1S/C44H32P2.2C6H12.2CH4.2CH3.Fe/c1-5-19-35(20-6-1)45(36-21-7-2-8-22-36)41-31-29-33-17-13-15-27-39(33)43(41)44-40-28-16-14-18-34(40)30-32-42(44)46(37-23-9-3-10-24-37)38-25-11-4-12-26-38;2*1-6-4-2-3-5-6;;;;;/h1-32H;2*6H,2-5H2,1H3;2*1H4;2*1H3;/q;;;;;2*-1;+2. The Hall–Kier alpha value is -4.34. The molecule has 328 valence electrons. The molecule has 63 heavy (non-hydrogen) atoms. The van der Waals surface area contributed by atoms with Crippen molar-refractivity contribution >= 4 is 69.2 Å². The van der Waals surface area contributed by atoms with Crippen LogP contribution in [0.3, 0.4) is 0 Å². The SMILES string of the molecule is C.C.CC1CCCC1.CC1CCCC1.[CH3-].[CH3-].[Fe+2].c1ccc(P(c2ccccc2)c2ccc3ccccc3c2-c2c(P(c3ccccc3)c3ccccc3)ccc3ccccc23)cc1. The summed E-state index contributed by atoms with van der Waals surface area (Å²) >= 11 is 0. The van der Waals surface area contributed by atoms with Crippen LogP contribution in [0.5, 0.6) is 0 Å². The van der Waals surface area contributed by atoms with Crippen molar-refractivity contribution in [3.63, 3.8) is 0 Å². The van der Waals surface area contributed by atoms with Crippen molar-refractivity contribution in [3.05, 3.63) is 209 Å². The van der Waals surface area contributed by atoms with Crippen molar-refractivity contribution in [3.8, 4) is 11.1 Å². The molecule has 10 rings (SSSR count). The molecule has 2 aliphatic rings. The number of fused-ring (bicyclic) bond motifs is 2. The molecule has 0 heterocycles. The number of hydrogen-bond acceptors (Lipinski definition) is 0. The summed E-state index contributed by atoms with van der Waals surface area (Å²) < 4.78 is 0. The van der Waals surface area contributed by atoms with Gasteiger partial charge in [-0.1, -0.05) is 274 Å². The number of benzene rings is 8. The van der Waals surface area contributed by atoms with Crippen molar-refractivity contribution < 1.29 is 17.1 Å². The van der Waals surface area contributed by atoms with Gasteiger partial charge in [-0.05, 0) is 92.2 Å². The second kappa shape index (κ2) is 26.4. The van der Waals surface area contributed by atoms with Crippen molar-refractivity contribution in [2.45, 2.75) is 80.1 Å². The van der Waals surface area contributed by atoms with E-state index in [-0.39, 0.29) is 46.8 Å². The van der Waals surface area contributed by atoms with E-state index >= 15 is 0 Å². The maximum atomic E-state index is 2.42. The van der Waals surface area contributed by atoms with Crippen LogP contribution in [0.25, 0.3) is 32.7 Å². The first-order valence-corrected chi connectivity index (χ1v) is 24.2. The van der Waals surface area contributed by atoms with Crippen molar-refractivity contribution in [2.24, 2.45) is 11.8 Å². The van der Waals surface area contributed by atoms with E-state index in [0.717, 1.165) is 11.8 Å². The Bertz CT molecular complexity index is 2230. The molecule has 3 heteroatoms. The molecule has 0 unspecified atom stereocenters. The molecule has 8 aromatic rings. The third-order valence-corrected chi connectivity index (χ3v) is 16.9. The maximum Gasteiger partial charge on any atom is 2.00 e. The molecule has 2 fully saturated rings. The summed E-state index contributed by atoms with van der Waals surface area (Å²) in [4.78, 5) is 0. The largest absolute Gasteiger partial charge is 2.00 e. The van der Waals surface area contributed by atoms with Gasteiger partial charge in [-0.15, -0.1) is 0 Å². The normalized spacial score (nSPS) is 13.2. The predicted octanol–water partition coefficient (Wildman–Crippen LogP) is 15.7. The summed E-state index contributed by atoms with van der Waals surface area (Å²) in [5.41, 5.74) is 2.70. The van der Waals surface area contributed by atoms with Gasteiger partial charge in [0, 0.05) is 0 Å². The van der Waals surface area contributed by atoms with Crippen LogP contribution in [0.1, 0.15) is 80.1 Å². The van der Waals surface area contributed by atoms with E-state index in [1.165, 1.54) is 116 Å². The van der Waals surface area contributed by atoms with Crippen LogP contribution in [0.4, 0.5) is 0 Å². The van der Waals surface area contributed by atoms with Gasteiger partial charge < -0.3 is 14.9 Å². The zero-order chi connectivity index (χ0) is 39.5. The summed E-state index contributed by atoms with van der Waals surface area (Å²) in [6.45, 7) is 4.68. The van der Waals surface area contributed by atoms with Gasteiger partial charge in [-0.2, -0.15) is 0 Å². The van der Waals surface area contributed by atoms with Crippen LogP contribution in [-0.4, -0.2) is 0 Å². The molecule has 0 spiro atoms. The van der Waals surface area contributed by atoms with Crippen molar-refractivity contribution in [1.82, 2.24) is 0 Å². The fraction of sp³-hybridized carbons (Fsp3) is 0.233. The minimum atomic E-state index is -0.852. The van der Waals surface area contributed by atoms with Gasteiger partial charge in [0.05, 0.1) is 0 Å². The molecule has 8 aromatic carbocycles. The Kier molecular flexibility index (Phi) is 22.2. The van der Waals surface area contributed by atoms with Crippen LogP contribution >= 0.6 is 15.8 Å². The molecule has 0 radical (unpaired) electrons. The van der Waals surface area contributed by atoms with Gasteiger partial charge in [0.1, 0.15) is 0 Å². The summed E-state index contributed by atoms with van der Waals surface area (Å²) in [5, 5.41) is 13.3. The Morgan fingerprint density at radius 2 is 0.587 bits per heavy atom. The molecule has 0 amide bonds. The molecule has 0 N–H and O–H groups in total. The van der Waals surface area contributed by atoms with Crippen LogP contribution < -0.4 is 31.8 Å². The van der Waals surface area contributed by atoms with E-state index in [0.29, 0.717) is 0 Å². The molecular weight excluding hydrogens is 838 g/mol. The van der Waals surface area contributed by atoms with Gasteiger partial charge in [0.15, 0.2) is 0 Å². The molecule has 0 aliphatic heterocycles. The molecule has 2 saturated carbocycles. The number of hydrogen-bond donors (Lipinski definition) is 0. The van der Waals surface area contributed by atoms with E-state index in [2.05, 4.69) is 208 Å². The van der Waals surface area contributed by atoms with Crippen LogP contribution in [0, 0.1) is 26.7 Å². The summed E-state index contributed by atoms with van der Waals surface area (Å²) in [5.74, 6) is 2.09. The maximum absolute atomic E-state index is 2.42. The Morgan fingerprint density at radius 3 is 0.841 bits per heavy atom. The second-order valence-corrected chi connectivity index (χ2v) is 20.5. The minimum absolute atomic E-state index is 0. The molecule has 0 saturated heterocycles. The molecular formula is C60H70FeP2. The molecule has 0 nitrogen and oxygen atoms in total. The Labute approximate surface area is 396 Å². The first-order chi connectivity index (χ1) is 28.7. The van der Waals surface area contributed by atoms with Crippen LogP contribution in [0.15, 0.2) is 194 Å². The number of rotatable bonds is 7. The summed E-state index contributed by atoms with van der Waals surface area (Å²) in [7, 11) is -1.70. The van der Waals surface area contributed by atoms with Crippen molar-refractivity contribution in [1.29, 1.82) is 0 Å². The van der Waals surface area contributed by atoms with E-state index in [1.807, 2.05) is 0 Å². The average Bonchev–Trinajstić information content (AvgIpc) is 3.99. The van der Waals surface area contributed by atoms with Gasteiger partial charge in [0.2, 0.25) is 0 Å². The Morgan fingerprint density at radius 1 is 0.333 bits per heavy atom. The third-order valence-electron chi connectivity index (χ3n) is 11.9. The molecule has 0 aromatic heterocycles. The molecule has 0 bridgehead atoms. The molecule has 0 atom stereocenters. The minimum Gasteiger partial charge on any atom is -0.358 e. The summed E-state index contributed by atoms with van der Waals surface area (Å²) in [6, 6.07) is 71.8. The Balaban J connectivity index is 0.000000541. The quantitative estimate of drug-likeness (QED) is 0.0849. The molecule has 2 aliphatic carbocycles. The second-order valence-electron chi connectivity index (χ2n) is 16.2. The smallest absolute Gasteiger partial charge is 0.358 e. The van der Waals surface area contributed by atoms with Gasteiger partial charge in [0.25, 0.3) is 0 Å². The van der Waals surface area contributed by atoms with E-state index in [9.17, 15) is 0 Å². The van der Waals surface area contributed by atoms with Crippen LogP contribution in [-0.2, 0) is 17.1 Å². The first kappa shape index (κ1) is 53.0. The van der Waals surface area contributed by atoms with Crippen molar-refractivity contribution in [2.75, 3.05) is 0 Å². The van der Waals surface area contributed by atoms with E-state index in [4.69, 9.17) is 0 Å². The van der Waals surface area contributed by atoms with Gasteiger partial charge in [-0.25, -0.2) is 0 Å². The zero-order valence-corrected chi connectivity index (χ0v) is 39.4. The first-order valence-electron chi connectivity index (χ1n) is 21.5. The van der Waals surface area contributed by atoms with Gasteiger partial charge >= 0.3 is 17.1 Å². The van der Waals surface area contributed by atoms with E-state index < -0.39 is 15.8 Å².